The maximum absolute atomic E-state index is 13.8. The molecule has 3 rings (SSSR count). The van der Waals surface area contributed by atoms with Crippen molar-refractivity contribution < 1.29 is 27.6 Å². The van der Waals surface area contributed by atoms with Gasteiger partial charge < -0.3 is 5.32 Å². The first kappa shape index (κ1) is 19.4. The lowest BCUT2D eigenvalue weighted by molar-refractivity contribution is -0.201. The van der Waals surface area contributed by atoms with Crippen LogP contribution in [-0.2, 0) is 16.0 Å². The average Bonchev–Trinajstić information content (AvgIpc) is 2.87. The van der Waals surface area contributed by atoms with E-state index in [4.69, 9.17) is 0 Å². The van der Waals surface area contributed by atoms with Crippen molar-refractivity contribution in [2.24, 2.45) is 0 Å². The van der Waals surface area contributed by atoms with E-state index in [2.05, 4.69) is 0 Å². The van der Waals surface area contributed by atoms with Crippen LogP contribution in [0.15, 0.2) is 54.6 Å². The van der Waals surface area contributed by atoms with Crippen LogP contribution >= 0.6 is 0 Å². The predicted molar refractivity (Wildman–Crippen MR) is 94.3 cm³/mol. The van der Waals surface area contributed by atoms with Crippen LogP contribution in [0.3, 0.4) is 0 Å². The number of anilines is 1. The van der Waals surface area contributed by atoms with Crippen molar-refractivity contribution in [2.75, 3.05) is 4.90 Å². The Balaban J connectivity index is 1.91. The molecular weight excluding hydrogens is 375 g/mol. The van der Waals surface area contributed by atoms with E-state index in [0.717, 1.165) is 5.56 Å². The molecular formula is C19H16F3N3O3. The molecule has 1 saturated heterocycles. The Kier molecular flexibility index (Phi) is 4.84. The van der Waals surface area contributed by atoms with Crippen LogP contribution in [0, 0.1) is 6.92 Å². The zero-order valence-electron chi connectivity index (χ0n) is 14.7. The van der Waals surface area contributed by atoms with Gasteiger partial charge in [-0.3, -0.25) is 14.9 Å². The maximum atomic E-state index is 13.8. The molecule has 1 fully saturated rings. The van der Waals surface area contributed by atoms with Crippen molar-refractivity contribution >= 4 is 23.5 Å². The SMILES string of the molecule is Cc1ccc(N2C(=O)N[C@](NC(=O)Cc3ccccc3)(C(F)(F)F)C2=O)cc1. The number of nitrogens with one attached hydrogen (secondary N) is 2. The normalized spacial score (nSPS) is 19.5. The van der Waals surface area contributed by atoms with Crippen LogP contribution in [0.2, 0.25) is 0 Å². The molecule has 6 nitrogen and oxygen atoms in total. The molecule has 9 heteroatoms. The van der Waals surface area contributed by atoms with Crippen LogP contribution in [0.5, 0.6) is 0 Å². The molecule has 146 valence electrons. The fourth-order valence-electron chi connectivity index (χ4n) is 2.84. The highest BCUT2D eigenvalue weighted by molar-refractivity contribution is 6.24. The van der Waals surface area contributed by atoms with E-state index in [9.17, 15) is 27.6 Å². The topological polar surface area (TPSA) is 78.5 Å². The van der Waals surface area contributed by atoms with Gasteiger partial charge in [-0.15, -0.1) is 0 Å². The second-order valence-electron chi connectivity index (χ2n) is 6.36. The number of hydrogen-bond donors (Lipinski definition) is 2. The van der Waals surface area contributed by atoms with Crippen molar-refractivity contribution in [3.63, 3.8) is 0 Å². The molecule has 0 aromatic heterocycles. The van der Waals surface area contributed by atoms with Gasteiger partial charge in [-0.05, 0) is 24.6 Å². The lowest BCUT2D eigenvalue weighted by Crippen LogP contribution is -2.69. The maximum Gasteiger partial charge on any atom is 0.440 e. The van der Waals surface area contributed by atoms with E-state index in [-0.39, 0.29) is 12.1 Å². The molecule has 2 aromatic carbocycles. The Labute approximate surface area is 158 Å². The van der Waals surface area contributed by atoms with E-state index in [1.165, 1.54) is 12.1 Å². The van der Waals surface area contributed by atoms with Crippen molar-refractivity contribution in [2.45, 2.75) is 25.2 Å². The van der Waals surface area contributed by atoms with Gasteiger partial charge in [0.2, 0.25) is 5.91 Å². The Morgan fingerprint density at radius 1 is 1.07 bits per heavy atom. The van der Waals surface area contributed by atoms with E-state index in [0.29, 0.717) is 10.5 Å². The molecule has 1 aliphatic heterocycles. The molecule has 1 atom stereocenters. The number of benzene rings is 2. The second-order valence-corrected chi connectivity index (χ2v) is 6.36. The van der Waals surface area contributed by atoms with Crippen LogP contribution in [0.4, 0.5) is 23.7 Å². The lowest BCUT2D eigenvalue weighted by Gasteiger charge is -2.29. The molecule has 28 heavy (non-hydrogen) atoms. The summed E-state index contributed by atoms with van der Waals surface area (Å²) in [6.45, 7) is 1.75. The van der Waals surface area contributed by atoms with Gasteiger partial charge in [-0.25, -0.2) is 9.69 Å². The number of nitrogens with zero attached hydrogens (tertiary/aromatic N) is 1. The van der Waals surface area contributed by atoms with Crippen LogP contribution in [0.25, 0.3) is 0 Å². The minimum atomic E-state index is -5.24. The monoisotopic (exact) mass is 391 g/mol. The quantitative estimate of drug-likeness (QED) is 0.787. The van der Waals surface area contributed by atoms with Gasteiger partial charge in [0.15, 0.2) is 0 Å². The van der Waals surface area contributed by atoms with Gasteiger partial charge in [0.05, 0.1) is 12.1 Å². The van der Waals surface area contributed by atoms with Crippen LogP contribution in [-0.4, -0.2) is 29.7 Å². The second kappa shape index (κ2) is 6.99. The number of imide groups is 1. The highest BCUT2D eigenvalue weighted by Gasteiger charge is 2.69. The smallest absolute Gasteiger partial charge is 0.318 e. The van der Waals surface area contributed by atoms with Gasteiger partial charge in [0, 0.05) is 0 Å². The number of amides is 4. The highest BCUT2D eigenvalue weighted by atomic mass is 19.4. The number of rotatable bonds is 4. The Morgan fingerprint density at radius 2 is 1.68 bits per heavy atom. The molecule has 4 amide bonds. The van der Waals surface area contributed by atoms with Crippen molar-refractivity contribution in [3.8, 4) is 0 Å². The summed E-state index contributed by atoms with van der Waals surface area (Å²) >= 11 is 0. The molecule has 0 aliphatic carbocycles. The number of aryl methyl sites for hydroxylation is 1. The average molecular weight is 391 g/mol. The van der Waals surface area contributed by atoms with Gasteiger partial charge in [0.1, 0.15) is 0 Å². The molecule has 0 saturated carbocycles. The fourth-order valence-corrected chi connectivity index (χ4v) is 2.84. The molecule has 1 heterocycles. The molecule has 0 unspecified atom stereocenters. The van der Waals surface area contributed by atoms with Gasteiger partial charge >= 0.3 is 12.2 Å². The highest BCUT2D eigenvalue weighted by Crippen LogP contribution is 2.35. The summed E-state index contributed by atoms with van der Waals surface area (Å²) in [6, 6.07) is 12.6. The fraction of sp³-hybridized carbons (Fsp3) is 0.211. The summed E-state index contributed by atoms with van der Waals surface area (Å²) in [5.41, 5.74) is -2.30. The van der Waals surface area contributed by atoms with E-state index in [1.807, 2.05) is 0 Å². The Morgan fingerprint density at radius 3 is 2.25 bits per heavy atom. The Hall–Kier alpha value is -3.36. The largest absolute Gasteiger partial charge is 0.440 e. The third kappa shape index (κ3) is 3.42. The molecule has 2 aromatic rings. The van der Waals surface area contributed by atoms with E-state index in [1.54, 1.807) is 60.0 Å². The third-order valence-corrected chi connectivity index (χ3v) is 4.27. The van der Waals surface area contributed by atoms with Crippen LogP contribution < -0.4 is 15.5 Å². The number of hydrogen-bond acceptors (Lipinski definition) is 3. The van der Waals surface area contributed by atoms with Crippen LogP contribution in [0.1, 0.15) is 11.1 Å². The summed E-state index contributed by atoms with van der Waals surface area (Å²) in [4.78, 5) is 37.5. The predicted octanol–water partition coefficient (Wildman–Crippen LogP) is 2.67. The minimum absolute atomic E-state index is 0.0310. The van der Waals surface area contributed by atoms with Gasteiger partial charge in [-0.1, -0.05) is 48.0 Å². The summed E-state index contributed by atoms with van der Waals surface area (Å²) < 4.78 is 41.4. The first-order chi connectivity index (χ1) is 13.1. The molecule has 0 radical (unpaired) electrons. The third-order valence-electron chi connectivity index (χ3n) is 4.27. The number of alkyl halides is 3. The summed E-state index contributed by atoms with van der Waals surface area (Å²) in [5, 5.41) is 3.30. The van der Waals surface area contributed by atoms with Crippen molar-refractivity contribution in [3.05, 3.63) is 65.7 Å². The Bertz CT molecular complexity index is 914. The van der Waals surface area contributed by atoms with Crippen molar-refractivity contribution in [1.82, 2.24) is 10.6 Å². The zero-order chi connectivity index (χ0) is 20.5. The van der Waals surface area contributed by atoms with Gasteiger partial charge in [0.25, 0.3) is 11.6 Å². The van der Waals surface area contributed by atoms with Crippen molar-refractivity contribution in [1.29, 1.82) is 0 Å². The van der Waals surface area contributed by atoms with E-state index < -0.39 is 29.7 Å². The minimum Gasteiger partial charge on any atom is -0.318 e. The molecule has 1 aliphatic rings. The first-order valence-corrected chi connectivity index (χ1v) is 8.29. The number of halogens is 3. The summed E-state index contributed by atoms with van der Waals surface area (Å²) in [6.07, 6.45) is -5.63. The molecule has 0 bridgehead atoms. The summed E-state index contributed by atoms with van der Waals surface area (Å²) in [7, 11) is 0. The number of carbonyl (C=O) groups is 3. The van der Waals surface area contributed by atoms with Gasteiger partial charge in [-0.2, -0.15) is 13.2 Å². The number of carbonyl (C=O) groups excluding carboxylic acids is 3. The summed E-state index contributed by atoms with van der Waals surface area (Å²) in [5.74, 6) is -2.67. The molecule has 2 N–H and O–H groups in total. The van der Waals surface area contributed by atoms with E-state index >= 15 is 0 Å². The number of urea groups is 1. The standard InChI is InChI=1S/C19H16F3N3O3/c1-12-7-9-14(10-8-12)25-16(27)18(19(20,21)22,24-17(25)28)23-15(26)11-13-5-3-2-4-6-13/h2-10H,11H2,1H3,(H,23,26)(H,24,28)/t18-/m0/s1. The molecule has 0 spiro atoms. The lowest BCUT2D eigenvalue weighted by atomic mass is 10.1. The first-order valence-electron chi connectivity index (χ1n) is 8.29. The zero-order valence-corrected chi connectivity index (χ0v) is 14.7.